The Hall–Kier alpha value is -0.370. The predicted molar refractivity (Wildman–Crippen MR) is 39.0 cm³/mol. The lowest BCUT2D eigenvalue weighted by Gasteiger charge is -1.94. The average Bonchev–Trinajstić information content (AvgIpc) is 1.89. The van der Waals surface area contributed by atoms with Gasteiger partial charge in [-0.3, -0.25) is 0 Å². The van der Waals surface area contributed by atoms with Crippen LogP contribution in [0.5, 0.6) is 0 Å². The van der Waals surface area contributed by atoms with Crippen LogP contribution in [0.15, 0.2) is 28.7 Å². The highest BCUT2D eigenvalue weighted by atomic mass is 79.9. The molecule has 0 aromatic heterocycles. The molecule has 1 rings (SSSR count). The van der Waals surface area contributed by atoms with Crippen LogP contribution in [0.1, 0.15) is 5.56 Å². The smallest absolute Gasteiger partial charge is 0.116 e. The number of benzene rings is 1. The quantitative estimate of drug-likeness (QED) is 0.637. The number of halogens is 2. The first-order valence-corrected chi connectivity index (χ1v) is 3.43. The number of hydrogen-bond donors (Lipinski definition) is 0. The summed E-state index contributed by atoms with van der Waals surface area (Å²) in [7, 11) is 0. The predicted octanol–water partition coefficient (Wildman–Crippen LogP) is 2.92. The van der Waals surface area contributed by atoms with E-state index in [1.807, 2.05) is 18.2 Å². The van der Waals surface area contributed by atoms with Crippen molar-refractivity contribution in [3.05, 3.63) is 34.3 Å². The van der Waals surface area contributed by atoms with Gasteiger partial charge in [-0.2, -0.15) is 0 Å². The Kier molecular flexibility index (Phi) is 2.22. The van der Waals surface area contributed by atoms with Crippen LogP contribution in [0.2, 0.25) is 0 Å². The van der Waals surface area contributed by atoms with Crippen LogP contribution in [-0.4, -0.2) is 0 Å². The highest BCUT2D eigenvalue weighted by Gasteiger charge is 1.93. The van der Waals surface area contributed by atoms with Crippen molar-refractivity contribution in [3.8, 4) is 0 Å². The Bertz CT molecular complexity index is 198. The molecular formula is C7H6BrF. The summed E-state index contributed by atoms with van der Waals surface area (Å²) in [5.41, 5.74) is 0.706. The van der Waals surface area contributed by atoms with E-state index in [9.17, 15) is 4.39 Å². The van der Waals surface area contributed by atoms with E-state index in [4.69, 9.17) is 0 Å². The van der Waals surface area contributed by atoms with Crippen molar-refractivity contribution < 1.29 is 4.39 Å². The minimum absolute atomic E-state index is 0.401. The van der Waals surface area contributed by atoms with E-state index < -0.39 is 6.67 Å². The first kappa shape index (κ1) is 6.75. The van der Waals surface area contributed by atoms with Gasteiger partial charge < -0.3 is 0 Å². The summed E-state index contributed by atoms with van der Waals surface area (Å²) in [5.74, 6) is 0. The second kappa shape index (κ2) is 2.97. The lowest BCUT2D eigenvalue weighted by atomic mass is 10.2. The molecular weight excluding hydrogens is 183 g/mol. The van der Waals surface area contributed by atoms with E-state index in [1.165, 1.54) is 0 Å². The summed E-state index contributed by atoms with van der Waals surface area (Å²) in [6.07, 6.45) is 0. The molecule has 0 aliphatic rings. The molecule has 1 aromatic carbocycles. The normalized spacial score (nSPS) is 9.56. The number of rotatable bonds is 1. The van der Waals surface area contributed by atoms with Crippen LogP contribution in [-0.2, 0) is 6.67 Å². The summed E-state index contributed by atoms with van der Waals surface area (Å²) in [4.78, 5) is 0. The van der Waals surface area contributed by atoms with Crippen molar-refractivity contribution in [2.75, 3.05) is 0 Å². The molecule has 0 nitrogen and oxygen atoms in total. The lowest BCUT2D eigenvalue weighted by Crippen LogP contribution is -1.77. The zero-order valence-corrected chi connectivity index (χ0v) is 6.36. The van der Waals surface area contributed by atoms with Crippen LogP contribution >= 0.6 is 15.9 Å². The molecule has 2 heteroatoms. The Labute approximate surface area is 61.8 Å². The van der Waals surface area contributed by atoms with Gasteiger partial charge in [-0.1, -0.05) is 34.1 Å². The van der Waals surface area contributed by atoms with Crippen LogP contribution in [0.25, 0.3) is 0 Å². The van der Waals surface area contributed by atoms with E-state index in [0.29, 0.717) is 5.56 Å². The summed E-state index contributed by atoms with van der Waals surface area (Å²) in [6.45, 7) is -0.401. The van der Waals surface area contributed by atoms with Crippen LogP contribution in [0, 0.1) is 0 Å². The van der Waals surface area contributed by atoms with Crippen molar-refractivity contribution in [2.24, 2.45) is 0 Å². The molecule has 0 radical (unpaired) electrons. The standard InChI is InChI=1S/C7H6BrF/c8-7-4-2-1-3-6(7)5-9/h1-4H,5H2. The third kappa shape index (κ3) is 1.52. The summed E-state index contributed by atoms with van der Waals surface area (Å²) in [5, 5.41) is 0. The van der Waals surface area contributed by atoms with Crippen molar-refractivity contribution in [3.63, 3.8) is 0 Å². The van der Waals surface area contributed by atoms with Gasteiger partial charge in [0.15, 0.2) is 0 Å². The van der Waals surface area contributed by atoms with Crippen molar-refractivity contribution in [1.82, 2.24) is 0 Å². The first-order chi connectivity index (χ1) is 4.34. The highest BCUT2D eigenvalue weighted by Crippen LogP contribution is 2.15. The third-order valence-corrected chi connectivity index (χ3v) is 1.88. The second-order valence-electron chi connectivity index (χ2n) is 1.73. The van der Waals surface area contributed by atoms with E-state index in [0.717, 1.165) is 4.47 Å². The summed E-state index contributed by atoms with van der Waals surface area (Å²) < 4.78 is 12.8. The largest absolute Gasteiger partial charge is 0.246 e. The van der Waals surface area contributed by atoms with Gasteiger partial charge in [0.1, 0.15) is 6.67 Å². The van der Waals surface area contributed by atoms with Crippen LogP contribution in [0.3, 0.4) is 0 Å². The van der Waals surface area contributed by atoms with Gasteiger partial charge in [-0.15, -0.1) is 0 Å². The van der Waals surface area contributed by atoms with E-state index in [1.54, 1.807) is 6.07 Å². The molecule has 1 aromatic rings. The zero-order valence-electron chi connectivity index (χ0n) is 4.77. The van der Waals surface area contributed by atoms with E-state index in [-0.39, 0.29) is 0 Å². The molecule has 0 bridgehead atoms. The highest BCUT2D eigenvalue weighted by molar-refractivity contribution is 9.10. The Morgan fingerprint density at radius 2 is 2.00 bits per heavy atom. The monoisotopic (exact) mass is 188 g/mol. The Balaban J connectivity index is 3.01. The van der Waals surface area contributed by atoms with Crippen LogP contribution < -0.4 is 0 Å². The molecule has 0 aliphatic heterocycles. The molecule has 0 N–H and O–H groups in total. The fourth-order valence-electron chi connectivity index (χ4n) is 0.607. The summed E-state index contributed by atoms with van der Waals surface area (Å²) in [6, 6.07) is 7.27. The van der Waals surface area contributed by atoms with Gasteiger partial charge in [0.25, 0.3) is 0 Å². The maximum Gasteiger partial charge on any atom is 0.116 e. The second-order valence-corrected chi connectivity index (χ2v) is 2.58. The Morgan fingerprint density at radius 1 is 1.33 bits per heavy atom. The third-order valence-electron chi connectivity index (χ3n) is 1.10. The molecule has 0 heterocycles. The van der Waals surface area contributed by atoms with Gasteiger partial charge in [0.2, 0.25) is 0 Å². The summed E-state index contributed by atoms with van der Waals surface area (Å²) >= 11 is 3.22. The molecule has 0 saturated carbocycles. The molecule has 48 valence electrons. The van der Waals surface area contributed by atoms with Crippen molar-refractivity contribution in [1.29, 1.82) is 0 Å². The molecule has 0 amide bonds. The maximum absolute atomic E-state index is 12.0. The molecule has 0 saturated heterocycles. The van der Waals surface area contributed by atoms with E-state index >= 15 is 0 Å². The number of alkyl halides is 1. The first-order valence-electron chi connectivity index (χ1n) is 2.64. The minimum Gasteiger partial charge on any atom is -0.246 e. The van der Waals surface area contributed by atoms with Gasteiger partial charge in [0, 0.05) is 4.47 Å². The fraction of sp³-hybridized carbons (Fsp3) is 0.143. The molecule has 0 spiro atoms. The van der Waals surface area contributed by atoms with Crippen molar-refractivity contribution >= 4 is 15.9 Å². The topological polar surface area (TPSA) is 0 Å². The molecule has 9 heavy (non-hydrogen) atoms. The zero-order chi connectivity index (χ0) is 6.69. The van der Waals surface area contributed by atoms with Gasteiger partial charge >= 0.3 is 0 Å². The molecule has 0 unspecified atom stereocenters. The molecule has 0 aliphatic carbocycles. The Morgan fingerprint density at radius 3 is 2.44 bits per heavy atom. The van der Waals surface area contributed by atoms with Gasteiger partial charge in [-0.05, 0) is 11.6 Å². The molecule has 0 fully saturated rings. The lowest BCUT2D eigenvalue weighted by molar-refractivity contribution is 0.484. The SMILES string of the molecule is FCc1ccccc1Br. The maximum atomic E-state index is 12.0. The fourth-order valence-corrected chi connectivity index (χ4v) is 0.998. The average molecular weight is 189 g/mol. The van der Waals surface area contributed by atoms with E-state index in [2.05, 4.69) is 15.9 Å². The van der Waals surface area contributed by atoms with Crippen LogP contribution in [0.4, 0.5) is 4.39 Å². The van der Waals surface area contributed by atoms with Gasteiger partial charge in [-0.25, -0.2) is 4.39 Å². The number of hydrogen-bond acceptors (Lipinski definition) is 0. The minimum atomic E-state index is -0.401. The van der Waals surface area contributed by atoms with Gasteiger partial charge in [0.05, 0.1) is 0 Å². The molecule has 0 atom stereocenters. The van der Waals surface area contributed by atoms with Crippen molar-refractivity contribution in [2.45, 2.75) is 6.67 Å².